The van der Waals surface area contributed by atoms with Gasteiger partial charge >= 0.3 is 0 Å². The summed E-state index contributed by atoms with van der Waals surface area (Å²) >= 11 is 0. The van der Waals surface area contributed by atoms with E-state index in [4.69, 9.17) is 10.5 Å². The number of anilines is 1. The molecule has 0 bridgehead atoms. The Morgan fingerprint density at radius 1 is 1.11 bits per heavy atom. The van der Waals surface area contributed by atoms with Crippen molar-refractivity contribution in [1.29, 1.82) is 10.5 Å². The number of nitriles is 2. The van der Waals surface area contributed by atoms with Crippen molar-refractivity contribution in [2.24, 2.45) is 0 Å². The maximum absolute atomic E-state index is 9.59. The van der Waals surface area contributed by atoms with Crippen LogP contribution in [0, 0.1) is 22.7 Å². The van der Waals surface area contributed by atoms with Gasteiger partial charge in [-0.2, -0.15) is 10.5 Å². The van der Waals surface area contributed by atoms with E-state index in [0.29, 0.717) is 11.3 Å². The third-order valence-corrected chi connectivity index (χ3v) is 2.55. The lowest BCUT2D eigenvalue weighted by atomic mass is 10.1. The summed E-state index contributed by atoms with van der Waals surface area (Å²) in [4.78, 5) is 1.43. The molecule has 19 heavy (non-hydrogen) atoms. The molecule has 0 aliphatic rings. The third-order valence-electron chi connectivity index (χ3n) is 2.55. The van der Waals surface area contributed by atoms with Gasteiger partial charge in [0.25, 0.3) is 0 Å². The number of nitrogens with zero attached hydrogens (tertiary/aromatic N) is 3. The molecule has 5 heteroatoms. The summed E-state index contributed by atoms with van der Waals surface area (Å²) in [6, 6.07) is 10.4. The predicted molar refractivity (Wildman–Crippen MR) is 71.5 cm³/mol. The molecular weight excluding hydrogens is 242 g/mol. The molecular formula is C14H15N3O2. The number of aliphatic hydroxyl groups is 2. The Bertz CT molecular complexity index is 509. The van der Waals surface area contributed by atoms with Gasteiger partial charge < -0.3 is 15.1 Å². The Balaban J connectivity index is 3.03. The van der Waals surface area contributed by atoms with Crippen molar-refractivity contribution >= 4 is 11.8 Å². The van der Waals surface area contributed by atoms with Gasteiger partial charge in [0.1, 0.15) is 30.2 Å². The molecule has 0 spiro atoms. The Morgan fingerprint density at radius 2 is 1.58 bits per heavy atom. The lowest BCUT2D eigenvalue weighted by molar-refractivity contribution is 0.105. The van der Waals surface area contributed by atoms with E-state index in [0.717, 1.165) is 0 Å². The van der Waals surface area contributed by atoms with Crippen molar-refractivity contribution in [3.05, 3.63) is 35.4 Å². The molecule has 0 aliphatic carbocycles. The maximum atomic E-state index is 9.59. The van der Waals surface area contributed by atoms with Crippen LogP contribution in [0.5, 0.6) is 0 Å². The Morgan fingerprint density at radius 3 is 1.95 bits per heavy atom. The summed E-state index contributed by atoms with van der Waals surface area (Å²) in [5, 5.41) is 36.5. The quantitative estimate of drug-likeness (QED) is 0.631. The molecule has 1 rings (SSSR count). The highest BCUT2D eigenvalue weighted by atomic mass is 16.3. The topological polar surface area (TPSA) is 91.3 Å². The van der Waals surface area contributed by atoms with Crippen molar-refractivity contribution in [2.75, 3.05) is 4.90 Å². The molecule has 1 aromatic rings. The van der Waals surface area contributed by atoms with Gasteiger partial charge in [-0.05, 0) is 37.6 Å². The van der Waals surface area contributed by atoms with Crippen LogP contribution >= 0.6 is 0 Å². The fraction of sp³-hybridized carbons (Fsp3) is 0.286. The normalized spacial score (nSPS) is 12.7. The molecule has 0 heterocycles. The fourth-order valence-electron chi connectivity index (χ4n) is 1.74. The summed E-state index contributed by atoms with van der Waals surface area (Å²) in [6.45, 7) is 3.12. The standard InChI is InChI=1S/C14H15N3O2/c1-10(18)17(11(2)19)14-5-3-12(4-6-14)7-13(8-15)9-16/h3-7,10-11,18-19H,1-2H3. The highest BCUT2D eigenvalue weighted by Crippen LogP contribution is 2.20. The second-order valence-corrected chi connectivity index (χ2v) is 4.04. The zero-order valence-corrected chi connectivity index (χ0v) is 10.8. The van der Waals surface area contributed by atoms with Crippen LogP contribution in [0.2, 0.25) is 0 Å². The van der Waals surface area contributed by atoms with Gasteiger partial charge in [0.05, 0.1) is 0 Å². The number of allylic oxidation sites excluding steroid dienone is 1. The third kappa shape index (κ3) is 3.82. The molecule has 0 saturated heterocycles. The maximum Gasteiger partial charge on any atom is 0.130 e. The minimum Gasteiger partial charge on any atom is -0.374 e. The van der Waals surface area contributed by atoms with Gasteiger partial charge in [0, 0.05) is 5.69 Å². The molecule has 2 unspecified atom stereocenters. The summed E-state index contributed by atoms with van der Waals surface area (Å²) in [6.07, 6.45) is -0.177. The van der Waals surface area contributed by atoms with E-state index >= 15 is 0 Å². The zero-order chi connectivity index (χ0) is 14.4. The van der Waals surface area contributed by atoms with Crippen molar-refractivity contribution in [2.45, 2.75) is 26.3 Å². The fourth-order valence-corrected chi connectivity index (χ4v) is 1.74. The van der Waals surface area contributed by atoms with E-state index in [9.17, 15) is 10.2 Å². The molecule has 5 nitrogen and oxygen atoms in total. The largest absolute Gasteiger partial charge is 0.374 e. The van der Waals surface area contributed by atoms with E-state index < -0.39 is 12.5 Å². The van der Waals surface area contributed by atoms with Crippen LogP contribution in [-0.4, -0.2) is 22.7 Å². The van der Waals surface area contributed by atoms with Crippen LogP contribution < -0.4 is 4.90 Å². The van der Waals surface area contributed by atoms with Crippen LogP contribution in [0.25, 0.3) is 6.08 Å². The molecule has 0 radical (unpaired) electrons. The molecule has 0 aromatic heterocycles. The van der Waals surface area contributed by atoms with Gasteiger partial charge in [0.2, 0.25) is 0 Å². The monoisotopic (exact) mass is 257 g/mol. The second-order valence-electron chi connectivity index (χ2n) is 4.04. The van der Waals surface area contributed by atoms with Gasteiger partial charge in [0.15, 0.2) is 0 Å². The molecule has 1 aromatic carbocycles. The van der Waals surface area contributed by atoms with Crippen LogP contribution in [0.1, 0.15) is 19.4 Å². The van der Waals surface area contributed by atoms with E-state index in [1.54, 1.807) is 50.3 Å². The predicted octanol–water partition coefficient (Wildman–Crippen LogP) is 1.60. The number of aliphatic hydroxyl groups excluding tert-OH is 2. The summed E-state index contributed by atoms with van der Waals surface area (Å²) in [5.74, 6) is 0. The van der Waals surface area contributed by atoms with E-state index in [-0.39, 0.29) is 5.57 Å². The lowest BCUT2D eigenvalue weighted by Crippen LogP contribution is -2.40. The Labute approximate surface area is 112 Å². The minimum atomic E-state index is -0.824. The molecule has 98 valence electrons. The summed E-state index contributed by atoms with van der Waals surface area (Å²) in [7, 11) is 0. The van der Waals surface area contributed by atoms with Crippen LogP contribution in [0.3, 0.4) is 0 Å². The van der Waals surface area contributed by atoms with Gasteiger partial charge in [-0.15, -0.1) is 0 Å². The first-order valence-electron chi connectivity index (χ1n) is 5.76. The average molecular weight is 257 g/mol. The zero-order valence-electron chi connectivity index (χ0n) is 10.8. The summed E-state index contributed by atoms with van der Waals surface area (Å²) in [5.41, 5.74) is 1.38. The molecule has 0 saturated carbocycles. The molecule has 0 amide bonds. The number of rotatable bonds is 4. The Hall–Kier alpha value is -2.34. The van der Waals surface area contributed by atoms with Crippen LogP contribution in [-0.2, 0) is 0 Å². The Kier molecular flexibility index (Phi) is 5.08. The highest BCUT2D eigenvalue weighted by Gasteiger charge is 2.16. The lowest BCUT2D eigenvalue weighted by Gasteiger charge is -2.30. The smallest absolute Gasteiger partial charge is 0.130 e. The first-order chi connectivity index (χ1) is 8.99. The minimum absolute atomic E-state index is 0.0238. The SMILES string of the molecule is CC(O)N(c1ccc(C=C(C#N)C#N)cc1)C(C)O. The molecule has 0 fully saturated rings. The molecule has 0 aliphatic heterocycles. The first-order valence-corrected chi connectivity index (χ1v) is 5.76. The number of hydrogen-bond acceptors (Lipinski definition) is 5. The number of benzene rings is 1. The van der Waals surface area contributed by atoms with E-state index in [1.807, 2.05) is 0 Å². The summed E-state index contributed by atoms with van der Waals surface area (Å²) < 4.78 is 0. The number of hydrogen-bond donors (Lipinski definition) is 2. The second kappa shape index (κ2) is 6.55. The van der Waals surface area contributed by atoms with Crippen molar-refractivity contribution in [1.82, 2.24) is 0 Å². The molecule has 2 N–H and O–H groups in total. The van der Waals surface area contributed by atoms with Crippen molar-refractivity contribution in [3.63, 3.8) is 0 Å². The first kappa shape index (κ1) is 14.7. The van der Waals surface area contributed by atoms with Crippen LogP contribution in [0.4, 0.5) is 5.69 Å². The van der Waals surface area contributed by atoms with E-state index in [1.165, 1.54) is 11.0 Å². The van der Waals surface area contributed by atoms with Gasteiger partial charge in [-0.25, -0.2) is 0 Å². The van der Waals surface area contributed by atoms with E-state index in [2.05, 4.69) is 0 Å². The van der Waals surface area contributed by atoms with Gasteiger partial charge in [-0.3, -0.25) is 0 Å². The van der Waals surface area contributed by atoms with Crippen LogP contribution in [0.15, 0.2) is 29.8 Å². The molecule has 2 atom stereocenters. The van der Waals surface area contributed by atoms with Crippen molar-refractivity contribution < 1.29 is 10.2 Å². The van der Waals surface area contributed by atoms with Crippen molar-refractivity contribution in [3.8, 4) is 12.1 Å². The van der Waals surface area contributed by atoms with Gasteiger partial charge in [-0.1, -0.05) is 12.1 Å². The average Bonchev–Trinajstić information content (AvgIpc) is 2.37. The highest BCUT2D eigenvalue weighted by molar-refractivity contribution is 5.64.